The Balaban J connectivity index is 1.20. The van der Waals surface area contributed by atoms with Gasteiger partial charge in [0.1, 0.15) is 4.88 Å². The van der Waals surface area contributed by atoms with Crippen LogP contribution in [0.5, 0.6) is 11.5 Å². The van der Waals surface area contributed by atoms with Gasteiger partial charge in [-0.15, -0.1) is 11.3 Å². The van der Waals surface area contributed by atoms with E-state index in [-0.39, 0.29) is 46.0 Å². The van der Waals surface area contributed by atoms with Crippen molar-refractivity contribution in [1.29, 1.82) is 0 Å². The Morgan fingerprint density at radius 1 is 0.978 bits per heavy atom. The number of ether oxygens (including phenoxy) is 2. The minimum Gasteiger partial charge on any atom is -0.490 e. The van der Waals surface area contributed by atoms with Gasteiger partial charge in [-0.3, -0.25) is 19.7 Å². The molecule has 0 unspecified atom stereocenters. The molecule has 13 heteroatoms. The number of nitrogens with zero attached hydrogens (tertiary/aromatic N) is 2. The molecule has 2 N–H and O–H groups in total. The summed E-state index contributed by atoms with van der Waals surface area (Å²) in [5.41, 5.74) is 4.68. The van der Waals surface area contributed by atoms with Crippen molar-refractivity contribution in [1.82, 2.24) is 5.43 Å². The SMILES string of the molecule is CCOc1cc(/C=N\NC(=O)c2ccc(NC(=O)Cc3ccccc3)cc2)ccc1OC(=O)c1sc2cc([N+](=O)[O-])ccc2c1Cl. The van der Waals surface area contributed by atoms with E-state index in [0.717, 1.165) is 16.9 Å². The lowest BCUT2D eigenvalue weighted by atomic mass is 10.1. The van der Waals surface area contributed by atoms with Gasteiger partial charge in [0.25, 0.3) is 11.6 Å². The van der Waals surface area contributed by atoms with Gasteiger partial charge in [-0.05, 0) is 66.6 Å². The van der Waals surface area contributed by atoms with Crippen LogP contribution in [0.2, 0.25) is 5.02 Å². The monoisotopic (exact) mass is 656 g/mol. The molecule has 0 saturated carbocycles. The Bertz CT molecular complexity index is 1960. The highest BCUT2D eigenvalue weighted by molar-refractivity contribution is 7.21. The zero-order chi connectivity index (χ0) is 32.6. The maximum Gasteiger partial charge on any atom is 0.355 e. The highest BCUT2D eigenvalue weighted by atomic mass is 35.5. The molecule has 0 radical (unpaired) electrons. The van der Waals surface area contributed by atoms with Crippen LogP contribution in [-0.2, 0) is 11.2 Å². The molecule has 0 aliphatic rings. The number of nitro groups is 1. The molecule has 232 valence electrons. The molecule has 5 rings (SSSR count). The second kappa shape index (κ2) is 14.5. The number of amides is 2. The Kier molecular flexibility index (Phi) is 10.0. The van der Waals surface area contributed by atoms with Crippen molar-refractivity contribution in [2.24, 2.45) is 5.10 Å². The first kappa shape index (κ1) is 31.8. The average molecular weight is 657 g/mol. The number of hydrazone groups is 1. The summed E-state index contributed by atoms with van der Waals surface area (Å²) >= 11 is 7.39. The highest BCUT2D eigenvalue weighted by Gasteiger charge is 2.22. The van der Waals surface area contributed by atoms with Gasteiger partial charge in [0.05, 0.1) is 29.2 Å². The van der Waals surface area contributed by atoms with Gasteiger partial charge < -0.3 is 14.8 Å². The number of non-ortho nitro benzene ring substituents is 1. The normalized spacial score (nSPS) is 10.9. The fraction of sp³-hybridized carbons (Fsp3) is 0.0909. The molecule has 0 saturated heterocycles. The summed E-state index contributed by atoms with van der Waals surface area (Å²) in [4.78, 5) is 48.6. The Labute approximate surface area is 271 Å². The number of fused-ring (bicyclic) bond motifs is 1. The topological polar surface area (TPSA) is 149 Å². The number of halogens is 1. The van der Waals surface area contributed by atoms with Crippen LogP contribution in [0.15, 0.2) is 96.1 Å². The quantitative estimate of drug-likeness (QED) is 0.0510. The Morgan fingerprint density at radius 3 is 2.46 bits per heavy atom. The van der Waals surface area contributed by atoms with Crippen molar-refractivity contribution in [3.05, 3.63) is 128 Å². The fourth-order valence-electron chi connectivity index (χ4n) is 4.32. The summed E-state index contributed by atoms with van der Waals surface area (Å²) in [6.45, 7) is 2.04. The molecule has 46 heavy (non-hydrogen) atoms. The molecule has 0 spiro atoms. The summed E-state index contributed by atoms with van der Waals surface area (Å²) in [7, 11) is 0. The molecular formula is C33H25ClN4O7S. The molecule has 4 aromatic carbocycles. The van der Waals surface area contributed by atoms with E-state index in [1.54, 1.807) is 43.3 Å². The fourth-order valence-corrected chi connectivity index (χ4v) is 5.74. The lowest BCUT2D eigenvalue weighted by Crippen LogP contribution is -2.18. The summed E-state index contributed by atoms with van der Waals surface area (Å²) in [5, 5.41) is 18.6. The first-order valence-electron chi connectivity index (χ1n) is 13.8. The summed E-state index contributed by atoms with van der Waals surface area (Å²) in [6, 6.07) is 24.7. The summed E-state index contributed by atoms with van der Waals surface area (Å²) in [6.07, 6.45) is 1.64. The number of esters is 1. The first-order valence-corrected chi connectivity index (χ1v) is 15.0. The van der Waals surface area contributed by atoms with Crippen molar-refractivity contribution < 1.29 is 28.8 Å². The van der Waals surface area contributed by atoms with Crippen molar-refractivity contribution in [2.75, 3.05) is 11.9 Å². The number of carbonyl (C=O) groups is 3. The molecule has 0 aliphatic carbocycles. The maximum absolute atomic E-state index is 13.0. The van der Waals surface area contributed by atoms with Gasteiger partial charge >= 0.3 is 5.97 Å². The summed E-state index contributed by atoms with van der Waals surface area (Å²) < 4.78 is 11.7. The van der Waals surface area contributed by atoms with Crippen molar-refractivity contribution in [3.63, 3.8) is 0 Å². The lowest BCUT2D eigenvalue weighted by Gasteiger charge is -2.11. The van der Waals surface area contributed by atoms with Crippen LogP contribution in [0.3, 0.4) is 0 Å². The molecule has 0 aliphatic heterocycles. The maximum atomic E-state index is 13.0. The van der Waals surface area contributed by atoms with Crippen LogP contribution in [0.25, 0.3) is 10.1 Å². The number of hydrogen-bond acceptors (Lipinski definition) is 9. The molecule has 11 nitrogen and oxygen atoms in total. The van der Waals surface area contributed by atoms with E-state index >= 15 is 0 Å². The van der Waals surface area contributed by atoms with E-state index in [2.05, 4.69) is 15.8 Å². The number of rotatable bonds is 11. The van der Waals surface area contributed by atoms with Gasteiger partial charge in [0, 0.05) is 33.5 Å². The lowest BCUT2D eigenvalue weighted by molar-refractivity contribution is -0.384. The van der Waals surface area contributed by atoms with Crippen LogP contribution in [0.4, 0.5) is 11.4 Å². The van der Waals surface area contributed by atoms with E-state index in [9.17, 15) is 24.5 Å². The van der Waals surface area contributed by atoms with Gasteiger partial charge in [0.2, 0.25) is 5.91 Å². The standard InChI is InChI=1S/C33H25ClN4O7S/c1-2-44-27-16-21(8-15-26(27)45-33(41)31-30(34)25-14-13-24(38(42)43)18-28(25)46-31)19-35-37-32(40)22-9-11-23(12-10-22)36-29(39)17-20-6-4-3-5-7-20/h3-16,18-19H,2,17H2,1H3,(H,36,39)(H,37,40)/b35-19-. The number of anilines is 1. The largest absolute Gasteiger partial charge is 0.490 e. The van der Waals surface area contributed by atoms with Crippen LogP contribution >= 0.6 is 22.9 Å². The molecule has 0 bridgehead atoms. The predicted molar refractivity (Wildman–Crippen MR) is 176 cm³/mol. The minimum atomic E-state index is -0.745. The number of carbonyl (C=O) groups excluding carboxylic acids is 3. The van der Waals surface area contributed by atoms with Crippen molar-refractivity contribution in [3.8, 4) is 11.5 Å². The molecular weight excluding hydrogens is 632 g/mol. The van der Waals surface area contributed by atoms with E-state index in [4.69, 9.17) is 21.1 Å². The molecule has 5 aromatic rings. The van der Waals surface area contributed by atoms with E-state index in [1.807, 2.05) is 30.3 Å². The van der Waals surface area contributed by atoms with Crippen LogP contribution < -0.4 is 20.2 Å². The third kappa shape index (κ3) is 7.73. The van der Waals surface area contributed by atoms with E-state index in [1.165, 1.54) is 30.5 Å². The summed E-state index contributed by atoms with van der Waals surface area (Å²) in [5.74, 6) is -0.991. The smallest absolute Gasteiger partial charge is 0.355 e. The van der Waals surface area contributed by atoms with Gasteiger partial charge in [-0.25, -0.2) is 10.2 Å². The third-order valence-electron chi connectivity index (χ3n) is 6.50. The highest BCUT2D eigenvalue weighted by Crippen LogP contribution is 2.38. The number of nitro benzene ring substituents is 1. The zero-order valence-corrected chi connectivity index (χ0v) is 25.8. The van der Waals surface area contributed by atoms with Crippen molar-refractivity contribution in [2.45, 2.75) is 13.3 Å². The molecule has 1 heterocycles. The second-order valence-electron chi connectivity index (χ2n) is 9.70. The predicted octanol–water partition coefficient (Wildman–Crippen LogP) is 7.03. The van der Waals surface area contributed by atoms with Crippen molar-refractivity contribution >= 4 is 68.4 Å². The van der Waals surface area contributed by atoms with Gasteiger partial charge in [-0.1, -0.05) is 41.9 Å². The zero-order valence-electron chi connectivity index (χ0n) is 24.2. The first-order chi connectivity index (χ1) is 22.2. The van der Waals surface area contributed by atoms with Crippen LogP contribution in [0, 0.1) is 10.1 Å². The van der Waals surface area contributed by atoms with Crippen LogP contribution in [0.1, 0.15) is 38.1 Å². The molecule has 1 aromatic heterocycles. The number of benzene rings is 4. The second-order valence-corrected chi connectivity index (χ2v) is 11.1. The third-order valence-corrected chi connectivity index (χ3v) is 8.13. The van der Waals surface area contributed by atoms with Gasteiger partial charge in [-0.2, -0.15) is 5.10 Å². The van der Waals surface area contributed by atoms with E-state index in [0.29, 0.717) is 26.9 Å². The van der Waals surface area contributed by atoms with Gasteiger partial charge in [0.15, 0.2) is 11.5 Å². The number of nitrogens with one attached hydrogen (secondary N) is 2. The average Bonchev–Trinajstić information content (AvgIpc) is 3.38. The minimum absolute atomic E-state index is 0.0931. The molecule has 0 atom stereocenters. The molecule has 0 fully saturated rings. The van der Waals surface area contributed by atoms with Crippen LogP contribution in [-0.4, -0.2) is 35.5 Å². The molecule has 2 amide bonds. The number of thiophene rings is 1. The Morgan fingerprint density at radius 2 is 1.74 bits per heavy atom. The van der Waals surface area contributed by atoms with E-state index < -0.39 is 16.8 Å². The Hall–Kier alpha value is -5.59. The number of hydrogen-bond donors (Lipinski definition) is 2.